The Morgan fingerprint density at radius 3 is 2.43 bits per heavy atom. The number of fused-ring (bicyclic) bond motifs is 1. The Bertz CT molecular complexity index is 1320. The number of rotatable bonds is 4. The number of non-ortho nitro benzene ring substituents is 1. The molecule has 1 aliphatic rings. The van der Waals surface area contributed by atoms with Gasteiger partial charge < -0.3 is 4.57 Å². The number of amides is 1. The molecule has 1 saturated heterocycles. The summed E-state index contributed by atoms with van der Waals surface area (Å²) in [6.45, 7) is 1.03. The number of carbonyl (C=O) groups is 1. The molecule has 1 aromatic heterocycles. The molecule has 0 unspecified atom stereocenters. The van der Waals surface area contributed by atoms with Gasteiger partial charge in [-0.05, 0) is 43.2 Å². The van der Waals surface area contributed by atoms with Gasteiger partial charge in [-0.1, -0.05) is 11.3 Å². The van der Waals surface area contributed by atoms with Crippen molar-refractivity contribution >= 4 is 43.2 Å². The van der Waals surface area contributed by atoms with Gasteiger partial charge in [-0.15, -0.1) is 0 Å². The SMILES string of the molecule is Cn1c(=NC(=O)c2ccc(S(=O)(=O)N3CCCC3)cc2)sc2ccc([N+](=O)[O-])cc21. The molecule has 0 N–H and O–H groups in total. The summed E-state index contributed by atoms with van der Waals surface area (Å²) in [5, 5.41) is 11.0. The third-order valence-corrected chi connectivity index (χ3v) is 8.03. The number of carbonyl (C=O) groups excluding carboxylic acids is 1. The molecule has 4 rings (SSSR count). The Balaban J connectivity index is 1.64. The third-order valence-electron chi connectivity index (χ3n) is 5.00. The predicted molar refractivity (Wildman–Crippen MR) is 112 cm³/mol. The Kier molecular flexibility index (Phi) is 5.26. The lowest BCUT2D eigenvalue weighted by Gasteiger charge is -2.15. The van der Waals surface area contributed by atoms with Crippen LogP contribution in [0.1, 0.15) is 23.2 Å². The van der Waals surface area contributed by atoms with Gasteiger partial charge in [-0.3, -0.25) is 14.9 Å². The van der Waals surface area contributed by atoms with Crippen LogP contribution in [0, 0.1) is 10.1 Å². The third kappa shape index (κ3) is 3.66. The summed E-state index contributed by atoms with van der Waals surface area (Å²) in [5.74, 6) is -0.517. The largest absolute Gasteiger partial charge is 0.319 e. The van der Waals surface area contributed by atoms with E-state index in [0.717, 1.165) is 17.5 Å². The fraction of sp³-hybridized carbons (Fsp3) is 0.263. The van der Waals surface area contributed by atoms with E-state index in [2.05, 4.69) is 4.99 Å². The van der Waals surface area contributed by atoms with Crippen molar-refractivity contribution in [1.82, 2.24) is 8.87 Å². The van der Waals surface area contributed by atoms with E-state index < -0.39 is 20.9 Å². The number of nitro groups is 1. The predicted octanol–water partition coefficient (Wildman–Crippen LogP) is 2.67. The van der Waals surface area contributed by atoms with Crippen molar-refractivity contribution in [2.24, 2.45) is 12.0 Å². The number of benzene rings is 2. The molecule has 1 fully saturated rings. The zero-order valence-electron chi connectivity index (χ0n) is 16.0. The molecule has 11 heteroatoms. The number of aryl methyl sites for hydroxylation is 1. The van der Waals surface area contributed by atoms with Gasteiger partial charge >= 0.3 is 0 Å². The fourth-order valence-corrected chi connectivity index (χ4v) is 5.85. The van der Waals surface area contributed by atoms with Crippen LogP contribution in [-0.2, 0) is 17.1 Å². The van der Waals surface area contributed by atoms with Gasteiger partial charge in [0, 0.05) is 37.8 Å². The van der Waals surface area contributed by atoms with Gasteiger partial charge in [0.1, 0.15) is 0 Å². The Morgan fingerprint density at radius 2 is 1.80 bits per heavy atom. The zero-order valence-corrected chi connectivity index (χ0v) is 17.6. The molecule has 156 valence electrons. The fourth-order valence-electron chi connectivity index (χ4n) is 3.33. The highest BCUT2D eigenvalue weighted by molar-refractivity contribution is 7.89. The van der Waals surface area contributed by atoms with Crippen LogP contribution in [0.3, 0.4) is 0 Å². The molecular weight excluding hydrogens is 428 g/mol. The molecular formula is C19H18N4O5S2. The van der Waals surface area contributed by atoms with E-state index in [1.807, 2.05) is 0 Å². The van der Waals surface area contributed by atoms with Crippen LogP contribution in [0.25, 0.3) is 10.2 Å². The van der Waals surface area contributed by atoms with Crippen LogP contribution < -0.4 is 4.80 Å². The van der Waals surface area contributed by atoms with Gasteiger partial charge in [-0.25, -0.2) is 8.42 Å². The first-order valence-corrected chi connectivity index (χ1v) is 11.5. The number of sulfonamides is 1. The first-order valence-electron chi connectivity index (χ1n) is 9.20. The number of hydrogen-bond acceptors (Lipinski definition) is 6. The van der Waals surface area contributed by atoms with Gasteiger partial charge in [0.2, 0.25) is 10.0 Å². The summed E-state index contributed by atoms with van der Waals surface area (Å²) in [6, 6.07) is 10.2. The molecule has 0 saturated carbocycles. The topological polar surface area (TPSA) is 115 Å². The van der Waals surface area contributed by atoms with Crippen LogP contribution in [0.4, 0.5) is 5.69 Å². The quantitative estimate of drug-likeness (QED) is 0.451. The van der Waals surface area contributed by atoms with E-state index in [4.69, 9.17) is 0 Å². The summed E-state index contributed by atoms with van der Waals surface area (Å²) in [4.78, 5) is 27.8. The molecule has 2 aromatic carbocycles. The Hall–Kier alpha value is -2.89. The lowest BCUT2D eigenvalue weighted by Crippen LogP contribution is -2.27. The molecule has 0 atom stereocenters. The molecule has 30 heavy (non-hydrogen) atoms. The molecule has 0 radical (unpaired) electrons. The van der Waals surface area contributed by atoms with Gasteiger partial charge in [0.15, 0.2) is 4.80 Å². The van der Waals surface area contributed by atoms with Crippen molar-refractivity contribution < 1.29 is 18.1 Å². The van der Waals surface area contributed by atoms with Crippen molar-refractivity contribution in [3.63, 3.8) is 0 Å². The second kappa shape index (κ2) is 7.74. The number of aromatic nitrogens is 1. The minimum absolute atomic E-state index is 0.0384. The molecule has 0 bridgehead atoms. The monoisotopic (exact) mass is 446 g/mol. The maximum absolute atomic E-state index is 12.6. The lowest BCUT2D eigenvalue weighted by atomic mass is 10.2. The van der Waals surface area contributed by atoms with E-state index in [1.54, 1.807) is 17.7 Å². The normalized spacial score (nSPS) is 15.7. The minimum atomic E-state index is -3.54. The van der Waals surface area contributed by atoms with E-state index in [9.17, 15) is 23.3 Å². The first-order chi connectivity index (χ1) is 14.3. The lowest BCUT2D eigenvalue weighted by molar-refractivity contribution is -0.384. The number of nitrogens with zero attached hydrogens (tertiary/aromatic N) is 4. The average molecular weight is 447 g/mol. The summed E-state index contributed by atoms with van der Waals surface area (Å²) in [7, 11) is -1.86. The van der Waals surface area contributed by atoms with Crippen LogP contribution in [0.5, 0.6) is 0 Å². The molecule has 9 nitrogen and oxygen atoms in total. The summed E-state index contributed by atoms with van der Waals surface area (Å²) in [6.07, 6.45) is 1.70. The van der Waals surface area contributed by atoms with Crippen molar-refractivity contribution in [2.75, 3.05) is 13.1 Å². The van der Waals surface area contributed by atoms with Gasteiger partial charge in [0.05, 0.1) is 20.0 Å². The average Bonchev–Trinajstić information content (AvgIpc) is 3.37. The van der Waals surface area contributed by atoms with Crippen LogP contribution in [0.2, 0.25) is 0 Å². The van der Waals surface area contributed by atoms with Crippen molar-refractivity contribution in [3.05, 3.63) is 62.9 Å². The molecule has 1 amide bonds. The molecule has 1 aliphatic heterocycles. The number of nitro benzene ring substituents is 1. The van der Waals surface area contributed by atoms with E-state index in [0.29, 0.717) is 23.4 Å². The van der Waals surface area contributed by atoms with Gasteiger partial charge in [0.25, 0.3) is 11.6 Å². The minimum Gasteiger partial charge on any atom is -0.319 e. The number of hydrogen-bond donors (Lipinski definition) is 0. The van der Waals surface area contributed by atoms with E-state index in [-0.39, 0.29) is 16.1 Å². The molecule has 0 spiro atoms. The maximum atomic E-state index is 12.6. The zero-order chi connectivity index (χ0) is 21.5. The maximum Gasteiger partial charge on any atom is 0.279 e. The highest BCUT2D eigenvalue weighted by Crippen LogP contribution is 2.23. The highest BCUT2D eigenvalue weighted by atomic mass is 32.2. The first kappa shape index (κ1) is 20.4. The molecule has 2 heterocycles. The van der Waals surface area contributed by atoms with Crippen molar-refractivity contribution in [1.29, 1.82) is 0 Å². The molecule has 0 aliphatic carbocycles. The smallest absolute Gasteiger partial charge is 0.279 e. The summed E-state index contributed by atoms with van der Waals surface area (Å²) in [5.41, 5.74) is 0.829. The second-order valence-electron chi connectivity index (χ2n) is 6.91. The standard InChI is InChI=1S/C19H18N4O5S2/c1-21-16-12-14(23(25)26)6-9-17(16)29-19(21)20-18(24)13-4-7-15(8-5-13)30(27,28)22-10-2-3-11-22/h4-9,12H,2-3,10-11H2,1H3. The van der Waals surface area contributed by atoms with Crippen molar-refractivity contribution in [2.45, 2.75) is 17.7 Å². The van der Waals surface area contributed by atoms with Crippen LogP contribution in [-0.4, -0.2) is 41.2 Å². The highest BCUT2D eigenvalue weighted by Gasteiger charge is 2.27. The Morgan fingerprint density at radius 1 is 1.13 bits per heavy atom. The van der Waals surface area contributed by atoms with Crippen LogP contribution >= 0.6 is 11.3 Å². The summed E-state index contributed by atoms with van der Waals surface area (Å²) < 4.78 is 29.0. The van der Waals surface area contributed by atoms with Crippen molar-refractivity contribution in [3.8, 4) is 0 Å². The van der Waals surface area contributed by atoms with E-state index in [1.165, 1.54) is 52.0 Å². The Labute approximate surface area is 176 Å². The van der Waals surface area contributed by atoms with E-state index >= 15 is 0 Å². The molecule has 3 aromatic rings. The number of thiazole rings is 1. The van der Waals surface area contributed by atoms with Crippen LogP contribution in [0.15, 0.2) is 52.4 Å². The van der Waals surface area contributed by atoms with Gasteiger partial charge in [-0.2, -0.15) is 9.30 Å². The summed E-state index contributed by atoms with van der Waals surface area (Å²) >= 11 is 1.24. The second-order valence-corrected chi connectivity index (χ2v) is 9.85.